The summed E-state index contributed by atoms with van der Waals surface area (Å²) in [7, 11) is 0. The Morgan fingerprint density at radius 2 is 1.89 bits per heavy atom. The van der Waals surface area contributed by atoms with E-state index in [1.807, 2.05) is 12.2 Å². The lowest BCUT2D eigenvalue weighted by Crippen LogP contribution is -2.26. The Labute approximate surface area is 111 Å². The predicted octanol–water partition coefficient (Wildman–Crippen LogP) is 4.51. The maximum Gasteiger partial charge on any atom is 0.0431 e. The molecule has 0 aliphatic heterocycles. The molecule has 0 bridgehead atoms. The Hall–Kier alpha value is -1.76. The Morgan fingerprint density at radius 1 is 1.22 bits per heavy atom. The summed E-state index contributed by atoms with van der Waals surface area (Å²) in [5, 5.41) is 0. The van der Waals surface area contributed by atoms with E-state index in [9.17, 15) is 0 Å². The standard InChI is InChI=1S/C17H23N/c1-6-14(4)16(7-2)13-18(8-3)17-12-10-9-11-15(17)5/h6-7,9-12H,1-2,8,13H2,3-5H3/b16-14+. The van der Waals surface area contributed by atoms with Crippen LogP contribution in [0.5, 0.6) is 0 Å². The first-order valence-electron chi connectivity index (χ1n) is 6.39. The van der Waals surface area contributed by atoms with Crippen LogP contribution in [-0.4, -0.2) is 13.1 Å². The quantitative estimate of drug-likeness (QED) is 0.662. The molecule has 0 spiro atoms. The third-order valence-electron chi connectivity index (χ3n) is 3.26. The lowest BCUT2D eigenvalue weighted by Gasteiger charge is -2.26. The molecule has 0 fully saturated rings. The summed E-state index contributed by atoms with van der Waals surface area (Å²) in [6.45, 7) is 16.0. The van der Waals surface area contributed by atoms with Crippen LogP contribution in [0.3, 0.4) is 0 Å². The molecule has 0 aliphatic carbocycles. The minimum absolute atomic E-state index is 0.878. The van der Waals surface area contributed by atoms with Crippen molar-refractivity contribution in [3.8, 4) is 0 Å². The molecule has 0 aromatic heterocycles. The number of rotatable bonds is 6. The van der Waals surface area contributed by atoms with Gasteiger partial charge in [-0.05, 0) is 43.5 Å². The second-order valence-corrected chi connectivity index (χ2v) is 4.42. The highest BCUT2D eigenvalue weighted by atomic mass is 15.1. The lowest BCUT2D eigenvalue weighted by atomic mass is 10.1. The summed E-state index contributed by atoms with van der Waals surface area (Å²) in [5.41, 5.74) is 5.02. The van der Waals surface area contributed by atoms with Crippen LogP contribution in [0.2, 0.25) is 0 Å². The largest absolute Gasteiger partial charge is 0.367 e. The van der Waals surface area contributed by atoms with E-state index in [0.29, 0.717) is 0 Å². The summed E-state index contributed by atoms with van der Waals surface area (Å²) in [6, 6.07) is 8.48. The molecule has 0 atom stereocenters. The second kappa shape index (κ2) is 6.85. The van der Waals surface area contributed by atoms with Crippen LogP contribution >= 0.6 is 0 Å². The average molecular weight is 241 g/mol. The number of hydrogen-bond donors (Lipinski definition) is 0. The molecule has 1 aromatic carbocycles. The van der Waals surface area contributed by atoms with Gasteiger partial charge in [0.05, 0.1) is 0 Å². The van der Waals surface area contributed by atoms with Crippen molar-refractivity contribution < 1.29 is 0 Å². The topological polar surface area (TPSA) is 3.24 Å². The van der Waals surface area contributed by atoms with Crippen molar-refractivity contribution in [3.05, 3.63) is 66.3 Å². The molecule has 1 nitrogen and oxygen atoms in total. The van der Waals surface area contributed by atoms with Gasteiger partial charge in [-0.1, -0.05) is 43.5 Å². The molecule has 0 saturated carbocycles. The van der Waals surface area contributed by atoms with E-state index in [0.717, 1.165) is 13.1 Å². The smallest absolute Gasteiger partial charge is 0.0431 e. The van der Waals surface area contributed by atoms with E-state index in [1.54, 1.807) is 0 Å². The van der Waals surface area contributed by atoms with Gasteiger partial charge >= 0.3 is 0 Å². The van der Waals surface area contributed by atoms with E-state index in [1.165, 1.54) is 22.4 Å². The zero-order chi connectivity index (χ0) is 13.5. The second-order valence-electron chi connectivity index (χ2n) is 4.42. The van der Waals surface area contributed by atoms with Crippen molar-refractivity contribution in [1.29, 1.82) is 0 Å². The van der Waals surface area contributed by atoms with Crippen LogP contribution in [0, 0.1) is 6.92 Å². The van der Waals surface area contributed by atoms with Crippen molar-refractivity contribution in [2.45, 2.75) is 20.8 Å². The Kier molecular flexibility index (Phi) is 5.44. The minimum Gasteiger partial charge on any atom is -0.367 e. The van der Waals surface area contributed by atoms with Gasteiger partial charge in [-0.3, -0.25) is 0 Å². The van der Waals surface area contributed by atoms with Gasteiger partial charge in [-0.2, -0.15) is 0 Å². The third kappa shape index (κ3) is 3.36. The summed E-state index contributed by atoms with van der Waals surface area (Å²) in [6.07, 6.45) is 3.82. The van der Waals surface area contributed by atoms with Crippen LogP contribution in [0.15, 0.2) is 60.7 Å². The molecule has 1 aromatic rings. The van der Waals surface area contributed by atoms with E-state index >= 15 is 0 Å². The van der Waals surface area contributed by atoms with Crippen molar-refractivity contribution in [2.24, 2.45) is 0 Å². The summed E-state index contributed by atoms with van der Waals surface area (Å²) < 4.78 is 0. The van der Waals surface area contributed by atoms with Gasteiger partial charge in [0.25, 0.3) is 0 Å². The molecule has 96 valence electrons. The molecule has 0 N–H and O–H groups in total. The van der Waals surface area contributed by atoms with Gasteiger partial charge in [0.15, 0.2) is 0 Å². The fraction of sp³-hybridized carbons (Fsp3) is 0.294. The van der Waals surface area contributed by atoms with Crippen LogP contribution in [0.25, 0.3) is 0 Å². The molecule has 0 saturated heterocycles. The van der Waals surface area contributed by atoms with Gasteiger partial charge in [0, 0.05) is 18.8 Å². The maximum absolute atomic E-state index is 3.90. The number of aryl methyl sites for hydroxylation is 1. The normalized spacial score (nSPS) is 11.7. The number of allylic oxidation sites excluding steroid dienone is 2. The summed E-state index contributed by atoms with van der Waals surface area (Å²) in [4.78, 5) is 2.36. The summed E-state index contributed by atoms with van der Waals surface area (Å²) >= 11 is 0. The molecular formula is C17H23N. The summed E-state index contributed by atoms with van der Waals surface area (Å²) in [5.74, 6) is 0. The molecule has 0 aliphatic rings. The van der Waals surface area contributed by atoms with Crippen molar-refractivity contribution in [3.63, 3.8) is 0 Å². The predicted molar refractivity (Wildman–Crippen MR) is 82.2 cm³/mol. The number of para-hydroxylation sites is 1. The number of hydrogen-bond acceptors (Lipinski definition) is 1. The fourth-order valence-corrected chi connectivity index (χ4v) is 1.97. The third-order valence-corrected chi connectivity index (χ3v) is 3.26. The van der Waals surface area contributed by atoms with Crippen LogP contribution < -0.4 is 4.90 Å². The number of likely N-dealkylation sites (N-methyl/N-ethyl adjacent to an activating group) is 1. The highest BCUT2D eigenvalue weighted by Gasteiger charge is 2.08. The Bertz CT molecular complexity index is 454. The minimum atomic E-state index is 0.878. The first-order chi connectivity index (χ1) is 8.63. The van der Waals surface area contributed by atoms with Gasteiger partial charge in [0.1, 0.15) is 0 Å². The maximum atomic E-state index is 3.90. The van der Waals surface area contributed by atoms with Crippen molar-refractivity contribution in [2.75, 3.05) is 18.0 Å². The first kappa shape index (κ1) is 14.3. The molecule has 18 heavy (non-hydrogen) atoms. The first-order valence-corrected chi connectivity index (χ1v) is 6.39. The molecular weight excluding hydrogens is 218 g/mol. The highest BCUT2D eigenvalue weighted by molar-refractivity contribution is 5.54. The fourth-order valence-electron chi connectivity index (χ4n) is 1.97. The molecule has 1 heteroatoms. The van der Waals surface area contributed by atoms with Gasteiger partial charge < -0.3 is 4.90 Å². The number of benzene rings is 1. The lowest BCUT2D eigenvalue weighted by molar-refractivity contribution is 0.880. The highest BCUT2D eigenvalue weighted by Crippen LogP contribution is 2.21. The van der Waals surface area contributed by atoms with Gasteiger partial charge in [-0.15, -0.1) is 0 Å². The molecule has 0 radical (unpaired) electrons. The monoisotopic (exact) mass is 241 g/mol. The average Bonchev–Trinajstić information content (AvgIpc) is 2.40. The van der Waals surface area contributed by atoms with E-state index in [4.69, 9.17) is 0 Å². The van der Waals surface area contributed by atoms with Crippen LogP contribution in [0.4, 0.5) is 5.69 Å². The Balaban J connectivity index is 3.02. The number of anilines is 1. The Morgan fingerprint density at radius 3 is 2.39 bits per heavy atom. The van der Waals surface area contributed by atoms with Crippen molar-refractivity contribution in [1.82, 2.24) is 0 Å². The molecule has 0 amide bonds. The zero-order valence-corrected chi connectivity index (χ0v) is 11.7. The SMILES string of the molecule is C=C/C(C)=C(\C=C)CN(CC)c1ccccc1C. The number of nitrogens with zero attached hydrogens (tertiary/aromatic N) is 1. The molecule has 1 rings (SSSR count). The van der Waals surface area contributed by atoms with Crippen molar-refractivity contribution >= 4 is 5.69 Å². The van der Waals surface area contributed by atoms with E-state index in [-0.39, 0.29) is 0 Å². The molecule has 0 unspecified atom stereocenters. The van der Waals surface area contributed by atoms with Crippen LogP contribution in [0.1, 0.15) is 19.4 Å². The van der Waals surface area contributed by atoms with E-state index < -0.39 is 0 Å². The molecule has 0 heterocycles. The van der Waals surface area contributed by atoms with E-state index in [2.05, 4.69) is 63.1 Å². The van der Waals surface area contributed by atoms with Crippen LogP contribution in [-0.2, 0) is 0 Å². The zero-order valence-electron chi connectivity index (χ0n) is 11.7. The van der Waals surface area contributed by atoms with Gasteiger partial charge in [0.2, 0.25) is 0 Å². The van der Waals surface area contributed by atoms with Gasteiger partial charge in [-0.25, -0.2) is 0 Å².